The van der Waals surface area contributed by atoms with Crippen molar-refractivity contribution >= 4 is 4.21 Å². The molecule has 0 fully saturated rings. The molecule has 0 heterocycles. The van der Waals surface area contributed by atoms with Crippen LogP contribution >= 0.6 is 0 Å². The van der Waals surface area contributed by atoms with E-state index in [1.165, 1.54) is 18.4 Å². The van der Waals surface area contributed by atoms with Crippen LogP contribution in [0.1, 0.15) is 19.8 Å². The maximum absolute atomic E-state index is 4.44. The second-order valence-electron chi connectivity index (χ2n) is 3.57. The van der Waals surface area contributed by atoms with Gasteiger partial charge in [0.1, 0.15) is 0 Å². The van der Waals surface area contributed by atoms with Crippen LogP contribution in [0.4, 0.5) is 0 Å². The minimum atomic E-state index is -1.58. The molecule has 0 saturated carbocycles. The Bertz CT molecular complexity index is 373. The predicted octanol–water partition coefficient (Wildman–Crippen LogP) is -2.88. The Morgan fingerprint density at radius 1 is 1.20 bits per heavy atom. The minimum Gasteiger partial charge on any atom is -1.00 e. The molecule has 0 N–H and O–H groups in total. The Morgan fingerprint density at radius 2 is 1.93 bits per heavy atom. The van der Waals surface area contributed by atoms with Crippen LogP contribution in [0.5, 0.6) is 0 Å². The summed E-state index contributed by atoms with van der Waals surface area (Å²) in [5.41, 5.74) is 1.50. The quantitative estimate of drug-likeness (QED) is 0.513. The van der Waals surface area contributed by atoms with Crippen LogP contribution in [0, 0.1) is 0 Å². The summed E-state index contributed by atoms with van der Waals surface area (Å²) in [6, 6.07) is 0. The van der Waals surface area contributed by atoms with Crippen molar-refractivity contribution in [2.45, 2.75) is 19.8 Å². The van der Waals surface area contributed by atoms with Crippen molar-refractivity contribution in [3.8, 4) is 0 Å². The molecule has 0 nitrogen and oxygen atoms in total. The Balaban J connectivity index is 0.000000980. The zero-order valence-electron chi connectivity index (χ0n) is 8.76. The predicted molar refractivity (Wildman–Crippen MR) is 55.4 cm³/mol. The van der Waals surface area contributed by atoms with Crippen LogP contribution in [-0.4, -0.2) is 4.21 Å². The van der Waals surface area contributed by atoms with Crippen molar-refractivity contribution < 1.29 is 46.1 Å². The van der Waals surface area contributed by atoms with Gasteiger partial charge in [-0.1, -0.05) is 0 Å². The molecular weight excluding hydrogens is 306 g/mol. The van der Waals surface area contributed by atoms with Gasteiger partial charge in [-0.05, 0) is 0 Å². The van der Waals surface area contributed by atoms with Gasteiger partial charge in [-0.3, -0.25) is 0 Å². The summed E-state index contributed by atoms with van der Waals surface area (Å²) < 4.78 is 7.79. The number of hydrogen-bond donors (Lipinski definition) is 0. The Kier molecular flexibility index (Phi) is 6.92. The molecule has 0 aliphatic heterocycles. The van der Waals surface area contributed by atoms with E-state index >= 15 is 0 Å². The van der Waals surface area contributed by atoms with Gasteiger partial charge in [0, 0.05) is 0 Å². The standard InChI is InChI=1S/C6H7.C5H5.CH2.2ClH.Zr/c1-6-4-2-3-5-6;1-2-4-5-3-1;;;;/h2,4H,3H2,1H3;1-3H,4H2;1H2;2*1H;/q;;;;;+2/p-2. The third-order valence-corrected chi connectivity index (χ3v) is 8.77. The molecule has 2 rings (SSSR count). The monoisotopic (exact) mass is 318 g/mol. The van der Waals surface area contributed by atoms with E-state index in [9.17, 15) is 0 Å². The van der Waals surface area contributed by atoms with Crippen molar-refractivity contribution in [1.82, 2.24) is 0 Å². The molecule has 0 aromatic carbocycles. The topological polar surface area (TPSA) is 0 Å². The van der Waals surface area contributed by atoms with Gasteiger partial charge in [-0.25, -0.2) is 0 Å². The summed E-state index contributed by atoms with van der Waals surface area (Å²) in [6.45, 7) is 2.23. The first kappa shape index (κ1) is 15.3. The molecule has 3 heteroatoms. The van der Waals surface area contributed by atoms with Gasteiger partial charge in [0.15, 0.2) is 0 Å². The minimum absolute atomic E-state index is 0. The normalized spacial score (nSPS) is 16.7. The van der Waals surface area contributed by atoms with Crippen LogP contribution in [0.3, 0.4) is 0 Å². The maximum Gasteiger partial charge on any atom is -1.00 e. The molecule has 0 atom stereocenters. The van der Waals surface area contributed by atoms with Gasteiger partial charge in [-0.15, -0.1) is 0 Å². The third-order valence-electron chi connectivity index (χ3n) is 2.69. The first-order valence-corrected chi connectivity index (χ1v) is 8.90. The summed E-state index contributed by atoms with van der Waals surface area (Å²) in [6.07, 6.45) is 13.6. The van der Waals surface area contributed by atoms with Crippen molar-refractivity contribution in [2.24, 2.45) is 0 Å². The van der Waals surface area contributed by atoms with Gasteiger partial charge in [0.2, 0.25) is 0 Å². The Hall–Kier alpha value is 0.293. The Labute approximate surface area is 112 Å². The second kappa shape index (κ2) is 6.79. The summed E-state index contributed by atoms with van der Waals surface area (Å²) >= 11 is -1.58. The molecule has 0 spiro atoms. The van der Waals surface area contributed by atoms with Gasteiger partial charge in [0.25, 0.3) is 0 Å². The fraction of sp³-hybridized carbons (Fsp3) is 0.250. The zero-order chi connectivity index (χ0) is 9.26. The molecule has 2 aliphatic carbocycles. The summed E-state index contributed by atoms with van der Waals surface area (Å²) in [4.78, 5) is 0. The average molecular weight is 320 g/mol. The maximum atomic E-state index is 4.44. The van der Waals surface area contributed by atoms with Crippen molar-refractivity contribution in [2.75, 3.05) is 0 Å². The van der Waals surface area contributed by atoms with Crippen molar-refractivity contribution in [3.63, 3.8) is 0 Å². The number of halogens is 2. The molecule has 0 bridgehead atoms. The summed E-state index contributed by atoms with van der Waals surface area (Å²) in [7, 11) is 0. The van der Waals surface area contributed by atoms with E-state index in [1.807, 2.05) is 0 Å². The van der Waals surface area contributed by atoms with Gasteiger partial charge in [0.05, 0.1) is 0 Å². The first-order chi connectivity index (χ1) is 6.29. The number of rotatable bonds is 2. The largest absolute Gasteiger partial charge is 1.00 e. The molecule has 0 aromatic rings. The molecule has 0 amide bonds. The molecule has 0 radical (unpaired) electrons. The van der Waals surface area contributed by atoms with Crippen LogP contribution in [0.15, 0.2) is 42.5 Å². The number of allylic oxidation sites excluding steroid dienone is 8. The van der Waals surface area contributed by atoms with Crippen LogP contribution < -0.4 is 24.8 Å². The molecule has 2 aliphatic rings. The molecule has 0 unspecified atom stereocenters. The molecule has 15 heavy (non-hydrogen) atoms. The van der Waals surface area contributed by atoms with E-state index in [1.54, 1.807) is 6.56 Å². The van der Waals surface area contributed by atoms with Gasteiger partial charge >= 0.3 is 87.8 Å². The zero-order valence-corrected chi connectivity index (χ0v) is 12.7. The van der Waals surface area contributed by atoms with E-state index in [0.717, 1.165) is 0 Å². The molecule has 0 aromatic heterocycles. The van der Waals surface area contributed by atoms with Crippen LogP contribution in [0.2, 0.25) is 0 Å². The summed E-state index contributed by atoms with van der Waals surface area (Å²) in [5.74, 6) is 0. The van der Waals surface area contributed by atoms with E-state index in [4.69, 9.17) is 0 Å². The third kappa shape index (κ3) is 3.38. The summed E-state index contributed by atoms with van der Waals surface area (Å²) in [5, 5.41) is 0. The smallest absolute Gasteiger partial charge is 1.00 e. The fourth-order valence-corrected chi connectivity index (χ4v) is 6.69. The fourth-order valence-electron chi connectivity index (χ4n) is 1.84. The molecular formula is C12H14Cl2Zr. The molecule has 0 saturated heterocycles. The Morgan fingerprint density at radius 3 is 2.40 bits per heavy atom. The van der Waals surface area contributed by atoms with E-state index in [0.29, 0.717) is 0 Å². The van der Waals surface area contributed by atoms with Crippen LogP contribution in [-0.2, 0) is 21.3 Å². The van der Waals surface area contributed by atoms with Gasteiger partial charge < -0.3 is 24.8 Å². The van der Waals surface area contributed by atoms with Crippen LogP contribution in [0.25, 0.3) is 0 Å². The average Bonchev–Trinajstić information content (AvgIpc) is 2.72. The van der Waals surface area contributed by atoms with Crippen molar-refractivity contribution in [1.29, 1.82) is 0 Å². The molecule has 80 valence electrons. The first-order valence-electron chi connectivity index (χ1n) is 4.70. The van der Waals surface area contributed by atoms with E-state index in [2.05, 4.69) is 41.5 Å². The second-order valence-corrected chi connectivity index (χ2v) is 8.99. The number of hydrogen-bond acceptors (Lipinski definition) is 0. The van der Waals surface area contributed by atoms with E-state index < -0.39 is 21.3 Å². The SMILES string of the molecule is [CH2]=[Zr+2]([C]1=CC=CC1)[C]1=C(C)C=CC1.[Cl-].[Cl-]. The van der Waals surface area contributed by atoms with Gasteiger partial charge in [-0.2, -0.15) is 0 Å². The van der Waals surface area contributed by atoms with E-state index in [-0.39, 0.29) is 24.8 Å². The van der Waals surface area contributed by atoms with Crippen molar-refractivity contribution in [3.05, 3.63) is 42.5 Å².